The highest BCUT2D eigenvalue weighted by atomic mass is 16.3. The number of aliphatic hydroxyl groups is 1. The maximum atomic E-state index is 11.4. The van der Waals surface area contributed by atoms with Crippen LogP contribution in [0.5, 0.6) is 0 Å². The fourth-order valence-electron chi connectivity index (χ4n) is 1.76. The molecule has 1 rings (SSSR count). The zero-order valence-corrected chi connectivity index (χ0v) is 8.29. The van der Waals surface area contributed by atoms with Crippen LogP contribution < -0.4 is 5.32 Å². The Labute approximate surface area is 78.9 Å². The van der Waals surface area contributed by atoms with Gasteiger partial charge in [-0.15, -0.1) is 0 Å². The quantitative estimate of drug-likeness (QED) is 0.629. The first-order valence-corrected chi connectivity index (χ1v) is 4.84. The van der Waals surface area contributed by atoms with Crippen molar-refractivity contribution in [3.63, 3.8) is 0 Å². The standard InChI is InChI=1S/C9H18N2O2/c1-3-4-11-5-7(2)10-9(13)8(11)6-12/h7-8,12H,3-6H2,1-2H3,(H,10,13). The molecule has 1 heterocycles. The summed E-state index contributed by atoms with van der Waals surface area (Å²) in [6, 6.07) is -0.141. The van der Waals surface area contributed by atoms with E-state index >= 15 is 0 Å². The van der Waals surface area contributed by atoms with Crippen molar-refractivity contribution in [3.8, 4) is 0 Å². The molecule has 4 nitrogen and oxygen atoms in total. The van der Waals surface area contributed by atoms with Crippen molar-refractivity contribution in [2.24, 2.45) is 0 Å². The van der Waals surface area contributed by atoms with E-state index in [2.05, 4.69) is 12.2 Å². The number of nitrogens with zero attached hydrogens (tertiary/aromatic N) is 1. The lowest BCUT2D eigenvalue weighted by Gasteiger charge is -2.37. The molecule has 2 unspecified atom stereocenters. The van der Waals surface area contributed by atoms with Crippen molar-refractivity contribution < 1.29 is 9.90 Å². The van der Waals surface area contributed by atoms with Gasteiger partial charge in [-0.2, -0.15) is 0 Å². The van der Waals surface area contributed by atoms with Gasteiger partial charge in [-0.3, -0.25) is 9.69 Å². The molecule has 0 aromatic rings. The first-order chi connectivity index (χ1) is 6.19. The van der Waals surface area contributed by atoms with Crippen LogP contribution in [0.15, 0.2) is 0 Å². The molecule has 0 saturated carbocycles. The second-order valence-electron chi connectivity index (χ2n) is 3.60. The fraction of sp³-hybridized carbons (Fsp3) is 0.889. The number of rotatable bonds is 3. The first-order valence-electron chi connectivity index (χ1n) is 4.84. The smallest absolute Gasteiger partial charge is 0.239 e. The molecule has 0 aromatic carbocycles. The highest BCUT2D eigenvalue weighted by Crippen LogP contribution is 2.08. The number of nitrogens with one attached hydrogen (secondary N) is 1. The molecule has 1 aliphatic heterocycles. The van der Waals surface area contributed by atoms with Gasteiger partial charge in [-0.1, -0.05) is 6.92 Å². The van der Waals surface area contributed by atoms with Gasteiger partial charge in [-0.05, 0) is 19.9 Å². The summed E-state index contributed by atoms with van der Waals surface area (Å²) in [7, 11) is 0. The van der Waals surface area contributed by atoms with Crippen LogP contribution in [0.4, 0.5) is 0 Å². The molecule has 1 fully saturated rings. The molecule has 0 spiro atoms. The zero-order chi connectivity index (χ0) is 9.84. The highest BCUT2D eigenvalue weighted by Gasteiger charge is 2.31. The van der Waals surface area contributed by atoms with Gasteiger partial charge in [0.25, 0.3) is 0 Å². The molecule has 2 N–H and O–H groups in total. The van der Waals surface area contributed by atoms with Gasteiger partial charge in [0.1, 0.15) is 6.04 Å². The van der Waals surface area contributed by atoms with E-state index in [1.807, 2.05) is 11.8 Å². The van der Waals surface area contributed by atoms with E-state index < -0.39 is 0 Å². The molecule has 13 heavy (non-hydrogen) atoms. The highest BCUT2D eigenvalue weighted by molar-refractivity contribution is 5.82. The van der Waals surface area contributed by atoms with E-state index in [1.165, 1.54) is 0 Å². The van der Waals surface area contributed by atoms with E-state index in [0.717, 1.165) is 19.5 Å². The molecule has 1 saturated heterocycles. The van der Waals surface area contributed by atoms with Crippen molar-refractivity contribution in [1.29, 1.82) is 0 Å². The summed E-state index contributed by atoms with van der Waals surface area (Å²) in [5.41, 5.74) is 0. The number of hydrogen-bond acceptors (Lipinski definition) is 3. The lowest BCUT2D eigenvalue weighted by atomic mass is 10.1. The normalized spacial score (nSPS) is 30.2. The number of aliphatic hydroxyl groups excluding tert-OH is 1. The van der Waals surface area contributed by atoms with Crippen molar-refractivity contribution in [1.82, 2.24) is 10.2 Å². The van der Waals surface area contributed by atoms with Crippen LogP contribution in [0, 0.1) is 0 Å². The van der Waals surface area contributed by atoms with Gasteiger partial charge < -0.3 is 10.4 Å². The Bertz CT molecular complexity index is 184. The molecule has 76 valence electrons. The molecular formula is C9H18N2O2. The summed E-state index contributed by atoms with van der Waals surface area (Å²) in [5.74, 6) is -0.0466. The summed E-state index contributed by atoms with van der Waals surface area (Å²) in [5, 5.41) is 11.9. The third-order valence-corrected chi connectivity index (χ3v) is 2.32. The van der Waals surface area contributed by atoms with Crippen molar-refractivity contribution >= 4 is 5.91 Å². The molecule has 0 aromatic heterocycles. The summed E-state index contributed by atoms with van der Waals surface area (Å²) >= 11 is 0. The predicted octanol–water partition coefficient (Wildman–Crippen LogP) is -0.422. The van der Waals surface area contributed by atoms with Crippen LogP contribution in [0.1, 0.15) is 20.3 Å². The lowest BCUT2D eigenvalue weighted by molar-refractivity contribution is -0.132. The van der Waals surface area contributed by atoms with E-state index in [0.29, 0.717) is 0 Å². The van der Waals surface area contributed by atoms with E-state index in [-0.39, 0.29) is 24.6 Å². The number of hydrogen-bond donors (Lipinski definition) is 2. The summed E-state index contributed by atoms with van der Waals surface area (Å²) in [6.07, 6.45) is 1.01. The monoisotopic (exact) mass is 186 g/mol. The Morgan fingerprint density at radius 3 is 2.92 bits per heavy atom. The van der Waals surface area contributed by atoms with Crippen LogP contribution in [0.25, 0.3) is 0 Å². The Morgan fingerprint density at radius 2 is 2.38 bits per heavy atom. The minimum Gasteiger partial charge on any atom is -0.394 e. The van der Waals surface area contributed by atoms with Crippen LogP contribution in [0.3, 0.4) is 0 Å². The molecule has 1 amide bonds. The second kappa shape index (κ2) is 4.58. The maximum Gasteiger partial charge on any atom is 0.239 e. The van der Waals surface area contributed by atoms with Crippen molar-refractivity contribution in [2.45, 2.75) is 32.4 Å². The minimum atomic E-state index is -0.337. The van der Waals surface area contributed by atoms with Crippen LogP contribution in [0.2, 0.25) is 0 Å². The van der Waals surface area contributed by atoms with Gasteiger partial charge in [0.15, 0.2) is 0 Å². The van der Waals surface area contributed by atoms with Crippen molar-refractivity contribution in [2.75, 3.05) is 19.7 Å². The molecule has 0 bridgehead atoms. The molecular weight excluding hydrogens is 168 g/mol. The summed E-state index contributed by atoms with van der Waals surface area (Å²) in [4.78, 5) is 13.5. The number of piperazine rings is 1. The van der Waals surface area contributed by atoms with Gasteiger partial charge in [0.2, 0.25) is 5.91 Å². The van der Waals surface area contributed by atoms with Gasteiger partial charge in [0, 0.05) is 12.6 Å². The Balaban J connectivity index is 2.60. The zero-order valence-electron chi connectivity index (χ0n) is 8.29. The Hall–Kier alpha value is -0.610. The fourth-order valence-corrected chi connectivity index (χ4v) is 1.76. The van der Waals surface area contributed by atoms with Crippen molar-refractivity contribution in [3.05, 3.63) is 0 Å². The average Bonchev–Trinajstić information content (AvgIpc) is 2.04. The third kappa shape index (κ3) is 2.42. The van der Waals surface area contributed by atoms with Gasteiger partial charge in [-0.25, -0.2) is 0 Å². The van der Waals surface area contributed by atoms with Gasteiger partial charge >= 0.3 is 0 Å². The minimum absolute atomic E-state index is 0.0466. The molecule has 2 atom stereocenters. The second-order valence-corrected chi connectivity index (χ2v) is 3.60. The van der Waals surface area contributed by atoms with E-state index in [1.54, 1.807) is 0 Å². The third-order valence-electron chi connectivity index (χ3n) is 2.32. The lowest BCUT2D eigenvalue weighted by Crippen LogP contribution is -2.60. The molecule has 4 heteroatoms. The molecule has 0 aliphatic carbocycles. The van der Waals surface area contributed by atoms with Crippen LogP contribution in [-0.4, -0.2) is 47.7 Å². The number of carbonyl (C=O) groups excluding carboxylic acids is 1. The molecule has 0 radical (unpaired) electrons. The van der Waals surface area contributed by atoms with E-state index in [4.69, 9.17) is 5.11 Å². The Morgan fingerprint density at radius 1 is 1.69 bits per heavy atom. The molecule has 1 aliphatic rings. The van der Waals surface area contributed by atoms with Crippen LogP contribution >= 0.6 is 0 Å². The summed E-state index contributed by atoms with van der Waals surface area (Å²) < 4.78 is 0. The maximum absolute atomic E-state index is 11.4. The SMILES string of the molecule is CCCN1CC(C)NC(=O)C1CO. The van der Waals surface area contributed by atoms with E-state index in [9.17, 15) is 4.79 Å². The first kappa shape index (κ1) is 10.5. The Kier molecular flexibility index (Phi) is 3.69. The number of carbonyl (C=O) groups is 1. The summed E-state index contributed by atoms with van der Waals surface area (Å²) in [6.45, 7) is 5.69. The number of amides is 1. The largest absolute Gasteiger partial charge is 0.394 e. The van der Waals surface area contributed by atoms with Gasteiger partial charge in [0.05, 0.1) is 6.61 Å². The average molecular weight is 186 g/mol. The predicted molar refractivity (Wildman–Crippen MR) is 50.3 cm³/mol. The topological polar surface area (TPSA) is 52.6 Å². The van der Waals surface area contributed by atoms with Crippen LogP contribution in [-0.2, 0) is 4.79 Å².